The number of nitrogens with two attached hydrogens (primary N) is 1. The van der Waals surface area contributed by atoms with Gasteiger partial charge in [-0.05, 0) is 44.5 Å². The molecule has 2 aromatic carbocycles. The minimum absolute atomic E-state index is 0.249. The van der Waals surface area contributed by atoms with Crippen LogP contribution in [0.5, 0.6) is 0 Å². The lowest BCUT2D eigenvalue weighted by molar-refractivity contribution is 0.0635. The molecule has 6 heteroatoms. The van der Waals surface area contributed by atoms with Gasteiger partial charge in [0.2, 0.25) is 0 Å². The number of para-hydroxylation sites is 2. The molecule has 2 amide bonds. The number of rotatable bonds is 4. The Morgan fingerprint density at radius 1 is 1.04 bits per heavy atom. The number of carbonyl (C=O) groups is 2. The van der Waals surface area contributed by atoms with Gasteiger partial charge in [-0.25, -0.2) is 4.79 Å². The Labute approximate surface area is 147 Å². The second-order valence-electron chi connectivity index (χ2n) is 6.55. The van der Waals surface area contributed by atoms with Crippen molar-refractivity contribution >= 4 is 23.4 Å². The highest BCUT2D eigenvalue weighted by atomic mass is 16.6. The van der Waals surface area contributed by atoms with Crippen LogP contribution in [0, 0.1) is 0 Å². The van der Waals surface area contributed by atoms with Crippen LogP contribution < -0.4 is 16.4 Å². The summed E-state index contributed by atoms with van der Waals surface area (Å²) in [5, 5.41) is 5.51. The molecule has 0 aliphatic heterocycles. The molecule has 0 fully saturated rings. The van der Waals surface area contributed by atoms with Crippen molar-refractivity contribution in [3.8, 4) is 0 Å². The summed E-state index contributed by atoms with van der Waals surface area (Å²) in [6, 6.07) is 14.1. The Hall–Kier alpha value is -3.02. The lowest BCUT2D eigenvalue weighted by atomic mass is 10.1. The predicted octanol–water partition coefficient (Wildman–Crippen LogP) is 3.55. The van der Waals surface area contributed by atoms with E-state index in [0.29, 0.717) is 16.9 Å². The zero-order chi connectivity index (χ0) is 18.4. The molecule has 6 nitrogen and oxygen atoms in total. The van der Waals surface area contributed by atoms with Crippen LogP contribution in [0.1, 0.15) is 36.7 Å². The van der Waals surface area contributed by atoms with Crippen LogP contribution in [0.15, 0.2) is 48.5 Å². The largest absolute Gasteiger partial charge is 0.444 e. The second kappa shape index (κ2) is 7.70. The van der Waals surface area contributed by atoms with Gasteiger partial charge in [0.1, 0.15) is 5.60 Å². The monoisotopic (exact) mass is 341 g/mol. The van der Waals surface area contributed by atoms with Gasteiger partial charge in [0, 0.05) is 17.9 Å². The van der Waals surface area contributed by atoms with E-state index in [1.807, 2.05) is 12.1 Å². The van der Waals surface area contributed by atoms with E-state index in [2.05, 4.69) is 10.6 Å². The van der Waals surface area contributed by atoms with E-state index in [0.717, 1.165) is 5.56 Å². The molecule has 0 heterocycles. The van der Waals surface area contributed by atoms with E-state index in [1.54, 1.807) is 57.2 Å². The lowest BCUT2D eigenvalue weighted by Gasteiger charge is -2.20. The molecule has 0 bridgehead atoms. The van der Waals surface area contributed by atoms with Gasteiger partial charge >= 0.3 is 6.09 Å². The Morgan fingerprint density at radius 2 is 1.68 bits per heavy atom. The molecule has 0 radical (unpaired) electrons. The van der Waals surface area contributed by atoms with Crippen molar-refractivity contribution in [1.82, 2.24) is 5.32 Å². The normalized spacial score (nSPS) is 10.8. The van der Waals surface area contributed by atoms with Crippen LogP contribution in [-0.2, 0) is 11.3 Å². The molecule has 0 unspecified atom stereocenters. The molecular weight excluding hydrogens is 318 g/mol. The summed E-state index contributed by atoms with van der Waals surface area (Å²) in [7, 11) is 0. The summed E-state index contributed by atoms with van der Waals surface area (Å²) in [6.07, 6.45) is -0.543. The van der Waals surface area contributed by atoms with Gasteiger partial charge in [0.05, 0.1) is 5.56 Å². The third-order valence-corrected chi connectivity index (χ3v) is 3.30. The predicted molar refractivity (Wildman–Crippen MR) is 98.3 cm³/mol. The molecule has 2 aromatic rings. The van der Waals surface area contributed by atoms with Crippen molar-refractivity contribution in [3.63, 3.8) is 0 Å². The van der Waals surface area contributed by atoms with Crippen LogP contribution in [0.3, 0.4) is 0 Å². The Balaban J connectivity index is 2.04. The molecule has 0 aromatic heterocycles. The molecular formula is C19H23N3O3. The topological polar surface area (TPSA) is 93.5 Å². The Morgan fingerprint density at radius 3 is 2.36 bits per heavy atom. The maximum atomic E-state index is 12.3. The number of amides is 2. The summed E-state index contributed by atoms with van der Waals surface area (Å²) in [4.78, 5) is 24.2. The summed E-state index contributed by atoms with van der Waals surface area (Å²) >= 11 is 0. The van der Waals surface area contributed by atoms with Gasteiger partial charge < -0.3 is 15.8 Å². The minimum Gasteiger partial charge on any atom is -0.444 e. The molecule has 0 atom stereocenters. The summed E-state index contributed by atoms with van der Waals surface area (Å²) in [6.45, 7) is 5.63. The first kappa shape index (κ1) is 18.3. The maximum absolute atomic E-state index is 12.3. The Kier molecular flexibility index (Phi) is 5.64. The van der Waals surface area contributed by atoms with E-state index in [4.69, 9.17) is 10.5 Å². The molecule has 0 spiro atoms. The van der Waals surface area contributed by atoms with E-state index in [1.165, 1.54) is 0 Å². The SMILES string of the molecule is CC(C)(C)OC(=O)Nc1ccccc1CNC(=O)c1ccccc1N. The molecule has 0 saturated heterocycles. The molecule has 132 valence electrons. The molecule has 0 aliphatic rings. The second-order valence-corrected chi connectivity index (χ2v) is 6.55. The molecule has 4 N–H and O–H groups in total. The first-order valence-electron chi connectivity index (χ1n) is 7.97. The average Bonchev–Trinajstić information content (AvgIpc) is 2.52. The third kappa shape index (κ3) is 5.53. The van der Waals surface area contributed by atoms with Crippen LogP contribution in [0.25, 0.3) is 0 Å². The van der Waals surface area contributed by atoms with Crippen LogP contribution in [-0.4, -0.2) is 17.6 Å². The number of carbonyl (C=O) groups excluding carboxylic acids is 2. The van der Waals surface area contributed by atoms with Crippen molar-refractivity contribution in [1.29, 1.82) is 0 Å². The summed E-state index contributed by atoms with van der Waals surface area (Å²) < 4.78 is 5.25. The number of benzene rings is 2. The number of anilines is 2. The number of hydrogen-bond acceptors (Lipinski definition) is 4. The fourth-order valence-corrected chi connectivity index (χ4v) is 2.18. The zero-order valence-electron chi connectivity index (χ0n) is 14.6. The van der Waals surface area contributed by atoms with Gasteiger partial charge in [-0.1, -0.05) is 30.3 Å². The Bertz CT molecular complexity index is 767. The molecule has 2 rings (SSSR count). The standard InChI is InChI=1S/C19H23N3O3/c1-19(2,3)25-18(24)22-16-11-7-4-8-13(16)12-21-17(23)14-9-5-6-10-15(14)20/h4-11H,12,20H2,1-3H3,(H,21,23)(H,22,24). The van der Waals surface area contributed by atoms with Gasteiger partial charge in [0.15, 0.2) is 0 Å². The molecule has 0 saturated carbocycles. The van der Waals surface area contributed by atoms with Crippen molar-refractivity contribution in [2.24, 2.45) is 0 Å². The first-order chi connectivity index (χ1) is 11.8. The maximum Gasteiger partial charge on any atom is 0.412 e. The highest BCUT2D eigenvalue weighted by molar-refractivity contribution is 5.99. The molecule has 25 heavy (non-hydrogen) atoms. The van der Waals surface area contributed by atoms with Crippen molar-refractivity contribution < 1.29 is 14.3 Å². The smallest absolute Gasteiger partial charge is 0.412 e. The van der Waals surface area contributed by atoms with E-state index < -0.39 is 11.7 Å². The van der Waals surface area contributed by atoms with E-state index in [9.17, 15) is 9.59 Å². The average molecular weight is 341 g/mol. The number of ether oxygens (including phenoxy) is 1. The van der Waals surface area contributed by atoms with Crippen LogP contribution in [0.2, 0.25) is 0 Å². The number of nitrogen functional groups attached to an aromatic ring is 1. The fourth-order valence-electron chi connectivity index (χ4n) is 2.18. The van der Waals surface area contributed by atoms with Gasteiger partial charge in [-0.3, -0.25) is 10.1 Å². The van der Waals surface area contributed by atoms with E-state index >= 15 is 0 Å². The fraction of sp³-hybridized carbons (Fsp3) is 0.263. The van der Waals surface area contributed by atoms with E-state index in [-0.39, 0.29) is 12.5 Å². The van der Waals surface area contributed by atoms with Crippen LogP contribution >= 0.6 is 0 Å². The quantitative estimate of drug-likeness (QED) is 0.741. The van der Waals surface area contributed by atoms with Crippen molar-refractivity contribution in [2.45, 2.75) is 32.9 Å². The number of hydrogen-bond donors (Lipinski definition) is 3. The van der Waals surface area contributed by atoms with Crippen molar-refractivity contribution in [2.75, 3.05) is 11.1 Å². The van der Waals surface area contributed by atoms with Crippen molar-refractivity contribution in [3.05, 3.63) is 59.7 Å². The van der Waals surface area contributed by atoms with Gasteiger partial charge in [0.25, 0.3) is 5.91 Å². The van der Waals surface area contributed by atoms with Gasteiger partial charge in [-0.2, -0.15) is 0 Å². The summed E-state index contributed by atoms with van der Waals surface area (Å²) in [5.74, 6) is -0.273. The minimum atomic E-state index is -0.585. The molecule has 0 aliphatic carbocycles. The first-order valence-corrected chi connectivity index (χ1v) is 7.97. The van der Waals surface area contributed by atoms with Crippen LogP contribution in [0.4, 0.5) is 16.2 Å². The number of nitrogens with one attached hydrogen (secondary N) is 2. The zero-order valence-corrected chi connectivity index (χ0v) is 14.6. The highest BCUT2D eigenvalue weighted by Gasteiger charge is 2.17. The van der Waals surface area contributed by atoms with Gasteiger partial charge in [-0.15, -0.1) is 0 Å². The highest BCUT2D eigenvalue weighted by Crippen LogP contribution is 2.17. The lowest BCUT2D eigenvalue weighted by Crippen LogP contribution is -2.28. The third-order valence-electron chi connectivity index (χ3n) is 3.30. The summed E-state index contributed by atoms with van der Waals surface area (Å²) in [5.41, 5.74) is 7.40.